The molecule has 3 rings (SSSR count). The number of unbranched alkanes of at least 4 members (excludes halogenated alkanes) is 2. The second kappa shape index (κ2) is 7.45. The van der Waals surface area contributed by atoms with Crippen LogP contribution in [0.4, 0.5) is 5.82 Å². The van der Waals surface area contributed by atoms with Gasteiger partial charge in [0.2, 0.25) is 0 Å². The van der Waals surface area contributed by atoms with Crippen molar-refractivity contribution in [3.8, 4) is 11.1 Å². The Morgan fingerprint density at radius 1 is 0.958 bits per heavy atom. The topological polar surface area (TPSA) is 64.9 Å². The first-order chi connectivity index (χ1) is 11.7. The molecule has 0 radical (unpaired) electrons. The highest BCUT2D eigenvalue weighted by atomic mass is 14.8. The number of fused-ring (bicyclic) bond motifs is 1. The molecule has 0 unspecified atom stereocenters. The van der Waals surface area contributed by atoms with E-state index in [1.807, 2.05) is 12.1 Å². The van der Waals surface area contributed by atoms with Crippen LogP contribution in [-0.2, 0) is 13.0 Å². The van der Waals surface area contributed by atoms with Gasteiger partial charge in [0.15, 0.2) is 0 Å². The van der Waals surface area contributed by atoms with E-state index in [0.717, 1.165) is 23.9 Å². The van der Waals surface area contributed by atoms with Gasteiger partial charge in [-0.3, -0.25) is 0 Å². The molecular formula is C21H25N3. The largest absolute Gasteiger partial charge is 0.383 e. The minimum atomic E-state index is 0.558. The van der Waals surface area contributed by atoms with Gasteiger partial charge in [0.05, 0.1) is 5.52 Å². The number of nitrogens with two attached hydrogens (primary N) is 2. The summed E-state index contributed by atoms with van der Waals surface area (Å²) in [7, 11) is 0. The molecule has 3 nitrogen and oxygen atoms in total. The van der Waals surface area contributed by atoms with Crippen LogP contribution in [0.15, 0.2) is 48.5 Å². The standard InChI is InChI=1S/C21H25N3/c1-2-3-4-8-18-20(16-12-10-15(14-22)11-13-16)17-7-5-6-9-19(17)24-21(18)23/h5-7,9-13H,2-4,8,14,22H2,1H3,(H2,23,24). The van der Waals surface area contributed by atoms with Crippen LogP contribution in [-0.4, -0.2) is 4.98 Å². The predicted octanol–water partition coefficient (Wildman–Crippen LogP) is 4.68. The van der Waals surface area contributed by atoms with E-state index in [2.05, 4.69) is 48.3 Å². The Morgan fingerprint density at radius 3 is 2.42 bits per heavy atom. The van der Waals surface area contributed by atoms with Crippen molar-refractivity contribution in [3.63, 3.8) is 0 Å². The minimum Gasteiger partial charge on any atom is -0.383 e. The zero-order valence-corrected chi connectivity index (χ0v) is 14.3. The summed E-state index contributed by atoms with van der Waals surface area (Å²) in [5.74, 6) is 0.655. The summed E-state index contributed by atoms with van der Waals surface area (Å²) in [6.45, 7) is 2.78. The average molecular weight is 319 g/mol. The Morgan fingerprint density at radius 2 is 1.71 bits per heavy atom. The van der Waals surface area contributed by atoms with Crippen LogP contribution in [0.25, 0.3) is 22.0 Å². The monoisotopic (exact) mass is 319 g/mol. The van der Waals surface area contributed by atoms with Crippen LogP contribution < -0.4 is 11.5 Å². The fourth-order valence-electron chi connectivity index (χ4n) is 3.21. The van der Waals surface area contributed by atoms with E-state index >= 15 is 0 Å². The van der Waals surface area contributed by atoms with E-state index in [1.54, 1.807) is 0 Å². The molecule has 2 aromatic carbocycles. The Labute approximate surface area is 143 Å². The molecule has 0 aliphatic heterocycles. The first-order valence-corrected chi connectivity index (χ1v) is 8.71. The number of nitrogen functional groups attached to an aromatic ring is 1. The van der Waals surface area contributed by atoms with Crippen molar-refractivity contribution >= 4 is 16.7 Å². The lowest BCUT2D eigenvalue weighted by atomic mass is 9.92. The van der Waals surface area contributed by atoms with Crippen molar-refractivity contribution in [2.45, 2.75) is 39.2 Å². The molecule has 0 fully saturated rings. The summed E-state index contributed by atoms with van der Waals surface area (Å²) in [4.78, 5) is 4.63. The maximum Gasteiger partial charge on any atom is 0.127 e. The Balaban J connectivity index is 2.18. The normalized spacial score (nSPS) is 11.1. The molecule has 0 aliphatic carbocycles. The van der Waals surface area contributed by atoms with E-state index in [-0.39, 0.29) is 0 Å². The van der Waals surface area contributed by atoms with Crippen molar-refractivity contribution in [2.75, 3.05) is 5.73 Å². The Bertz CT molecular complexity index is 822. The van der Waals surface area contributed by atoms with Gasteiger partial charge in [-0.1, -0.05) is 62.2 Å². The zero-order valence-electron chi connectivity index (χ0n) is 14.3. The lowest BCUT2D eigenvalue weighted by molar-refractivity contribution is 0.718. The van der Waals surface area contributed by atoms with Gasteiger partial charge in [0.25, 0.3) is 0 Å². The van der Waals surface area contributed by atoms with E-state index < -0.39 is 0 Å². The summed E-state index contributed by atoms with van der Waals surface area (Å²) in [5, 5.41) is 1.17. The number of nitrogens with zero attached hydrogens (tertiary/aromatic N) is 1. The lowest BCUT2D eigenvalue weighted by Gasteiger charge is -2.16. The molecule has 0 aliphatic rings. The third kappa shape index (κ3) is 3.26. The minimum absolute atomic E-state index is 0.558. The van der Waals surface area contributed by atoms with Crippen molar-refractivity contribution < 1.29 is 0 Å². The van der Waals surface area contributed by atoms with Crippen LogP contribution in [0.1, 0.15) is 37.3 Å². The van der Waals surface area contributed by atoms with Crippen molar-refractivity contribution in [2.24, 2.45) is 5.73 Å². The molecule has 3 heteroatoms. The second-order valence-corrected chi connectivity index (χ2v) is 6.23. The second-order valence-electron chi connectivity index (χ2n) is 6.23. The van der Waals surface area contributed by atoms with Crippen LogP contribution in [0.5, 0.6) is 0 Å². The quantitative estimate of drug-likeness (QED) is 0.649. The summed E-state index contributed by atoms with van der Waals surface area (Å²) in [5.41, 5.74) is 17.7. The van der Waals surface area contributed by atoms with Crippen LogP contribution >= 0.6 is 0 Å². The highest BCUT2D eigenvalue weighted by Crippen LogP contribution is 2.35. The summed E-state index contributed by atoms with van der Waals surface area (Å²) in [6.07, 6.45) is 4.50. The highest BCUT2D eigenvalue weighted by Gasteiger charge is 2.14. The van der Waals surface area contributed by atoms with Crippen LogP contribution in [0.3, 0.4) is 0 Å². The summed E-state index contributed by atoms with van der Waals surface area (Å²) < 4.78 is 0. The predicted molar refractivity (Wildman–Crippen MR) is 103 cm³/mol. The molecule has 0 atom stereocenters. The Kier molecular flexibility index (Phi) is 5.11. The van der Waals surface area contributed by atoms with Gasteiger partial charge >= 0.3 is 0 Å². The molecule has 0 saturated heterocycles. The third-order valence-electron chi connectivity index (χ3n) is 4.53. The number of rotatable bonds is 6. The van der Waals surface area contributed by atoms with Gasteiger partial charge in [-0.25, -0.2) is 4.98 Å². The van der Waals surface area contributed by atoms with Crippen LogP contribution in [0.2, 0.25) is 0 Å². The SMILES string of the molecule is CCCCCc1c(N)nc2ccccc2c1-c1ccc(CN)cc1. The fourth-order valence-corrected chi connectivity index (χ4v) is 3.21. The Hall–Kier alpha value is -2.39. The maximum atomic E-state index is 6.33. The molecule has 3 aromatic rings. The number of hydrogen-bond donors (Lipinski definition) is 2. The van der Waals surface area contributed by atoms with E-state index in [1.165, 1.54) is 34.9 Å². The molecule has 24 heavy (non-hydrogen) atoms. The summed E-state index contributed by atoms with van der Waals surface area (Å²) in [6, 6.07) is 16.7. The molecule has 1 aromatic heterocycles. The maximum absolute atomic E-state index is 6.33. The lowest BCUT2D eigenvalue weighted by Crippen LogP contribution is -2.03. The molecule has 0 spiro atoms. The van der Waals surface area contributed by atoms with Gasteiger partial charge in [-0.05, 0) is 35.6 Å². The summed E-state index contributed by atoms with van der Waals surface area (Å²) >= 11 is 0. The van der Waals surface area contributed by atoms with Crippen LogP contribution in [0, 0.1) is 0 Å². The van der Waals surface area contributed by atoms with E-state index in [9.17, 15) is 0 Å². The smallest absolute Gasteiger partial charge is 0.127 e. The number of pyridine rings is 1. The number of anilines is 1. The van der Waals surface area contributed by atoms with Crippen molar-refractivity contribution in [1.82, 2.24) is 4.98 Å². The molecule has 124 valence electrons. The fraction of sp³-hybridized carbons (Fsp3) is 0.286. The third-order valence-corrected chi connectivity index (χ3v) is 4.53. The van der Waals surface area contributed by atoms with Gasteiger partial charge < -0.3 is 11.5 Å². The van der Waals surface area contributed by atoms with E-state index in [4.69, 9.17) is 11.5 Å². The van der Waals surface area contributed by atoms with Crippen molar-refractivity contribution in [3.05, 3.63) is 59.7 Å². The highest BCUT2D eigenvalue weighted by molar-refractivity contribution is 5.98. The molecular weight excluding hydrogens is 294 g/mol. The first-order valence-electron chi connectivity index (χ1n) is 8.71. The van der Waals surface area contributed by atoms with Gasteiger partial charge in [-0.15, -0.1) is 0 Å². The molecule has 0 amide bonds. The molecule has 1 heterocycles. The van der Waals surface area contributed by atoms with Gasteiger partial charge in [0.1, 0.15) is 5.82 Å². The average Bonchev–Trinajstić information content (AvgIpc) is 2.62. The number of benzene rings is 2. The zero-order chi connectivity index (χ0) is 16.9. The first kappa shape index (κ1) is 16.5. The number of para-hydroxylation sites is 1. The van der Waals surface area contributed by atoms with Crippen molar-refractivity contribution in [1.29, 1.82) is 0 Å². The number of hydrogen-bond acceptors (Lipinski definition) is 3. The van der Waals surface area contributed by atoms with E-state index in [0.29, 0.717) is 12.4 Å². The van der Waals surface area contributed by atoms with Gasteiger partial charge in [0, 0.05) is 17.5 Å². The molecule has 0 saturated carbocycles. The number of aromatic nitrogens is 1. The van der Waals surface area contributed by atoms with Gasteiger partial charge in [-0.2, -0.15) is 0 Å². The molecule has 4 N–H and O–H groups in total. The molecule has 0 bridgehead atoms.